The summed E-state index contributed by atoms with van der Waals surface area (Å²) in [6.07, 6.45) is 1.19. The molecule has 0 fully saturated rings. The van der Waals surface area contributed by atoms with E-state index in [2.05, 4.69) is 0 Å². The highest BCUT2D eigenvalue weighted by Crippen LogP contribution is 2.23. The molecule has 0 unspecified atom stereocenters. The number of methoxy groups -OCH3 is 1. The molecule has 1 N–H and O–H groups in total. The average Bonchev–Trinajstić information content (AvgIpc) is 3.02. The number of aryl methyl sites for hydroxylation is 1. The molecule has 3 aromatic rings. The van der Waals surface area contributed by atoms with Gasteiger partial charge in [0, 0.05) is 34.9 Å². The van der Waals surface area contributed by atoms with Gasteiger partial charge in [0.05, 0.1) is 7.11 Å². The molecule has 9 nitrogen and oxygen atoms in total. The van der Waals surface area contributed by atoms with Crippen molar-refractivity contribution in [3.8, 4) is 11.4 Å². The van der Waals surface area contributed by atoms with Gasteiger partial charge in [0.1, 0.15) is 12.3 Å². The quantitative estimate of drug-likeness (QED) is 0.464. The van der Waals surface area contributed by atoms with E-state index in [1.54, 1.807) is 13.2 Å². The number of carbonyl (C=O) groups is 2. The Morgan fingerprint density at radius 2 is 1.77 bits per heavy atom. The van der Waals surface area contributed by atoms with Crippen LogP contribution in [0.2, 0.25) is 0 Å². The van der Waals surface area contributed by atoms with E-state index in [0.29, 0.717) is 5.56 Å². The van der Waals surface area contributed by atoms with Crippen LogP contribution in [0.4, 0.5) is 0 Å². The van der Waals surface area contributed by atoms with Gasteiger partial charge in [0.2, 0.25) is 5.78 Å². The zero-order chi connectivity index (χ0) is 21.8. The maximum atomic E-state index is 12.6. The molecule has 1 aromatic carbocycles. The van der Waals surface area contributed by atoms with Gasteiger partial charge in [-0.15, -0.1) is 0 Å². The lowest BCUT2D eigenvalue weighted by atomic mass is 10.1. The first-order valence-corrected chi connectivity index (χ1v) is 9.12. The first-order chi connectivity index (χ1) is 14.3. The molecule has 9 heteroatoms. The van der Waals surface area contributed by atoms with E-state index in [-0.39, 0.29) is 5.78 Å². The summed E-state index contributed by atoms with van der Waals surface area (Å²) in [6.45, 7) is 2.83. The summed E-state index contributed by atoms with van der Waals surface area (Å²) >= 11 is 0. The van der Waals surface area contributed by atoms with Gasteiger partial charge < -0.3 is 14.0 Å². The first kappa shape index (κ1) is 20.8. The van der Waals surface area contributed by atoms with Crippen molar-refractivity contribution in [3.63, 3.8) is 0 Å². The monoisotopic (exact) mass is 411 g/mol. The van der Waals surface area contributed by atoms with Gasteiger partial charge in [-0.3, -0.25) is 23.9 Å². The van der Waals surface area contributed by atoms with Gasteiger partial charge in [-0.1, -0.05) is 0 Å². The van der Waals surface area contributed by atoms with Gasteiger partial charge in [0.15, 0.2) is 6.61 Å². The fourth-order valence-electron chi connectivity index (χ4n) is 3.15. The summed E-state index contributed by atoms with van der Waals surface area (Å²) in [5.74, 6) is -0.391. The van der Waals surface area contributed by atoms with Crippen molar-refractivity contribution in [2.24, 2.45) is 0 Å². The maximum absolute atomic E-state index is 12.6. The van der Waals surface area contributed by atoms with E-state index < -0.39 is 30.4 Å². The van der Waals surface area contributed by atoms with Crippen LogP contribution in [0.15, 0.2) is 52.2 Å². The predicted molar refractivity (Wildman–Crippen MR) is 108 cm³/mol. The number of nitrogens with zero attached hydrogens (tertiary/aromatic N) is 2. The molecule has 2 heterocycles. The number of benzene rings is 1. The third-order valence-electron chi connectivity index (χ3n) is 4.62. The second-order valence-electron chi connectivity index (χ2n) is 6.64. The van der Waals surface area contributed by atoms with Crippen molar-refractivity contribution in [3.05, 3.63) is 80.4 Å². The molecule has 0 saturated heterocycles. The number of Topliss-reactive ketones (excluding diaryl/α,β-unsaturated/α-hetero) is 1. The number of esters is 1. The third-order valence-corrected chi connectivity index (χ3v) is 4.62. The number of carbonyl (C=O) groups excluding carboxylic acids is 2. The number of ether oxygens (including phenoxy) is 2. The zero-order valence-electron chi connectivity index (χ0n) is 16.8. The minimum absolute atomic E-state index is 0.356. The Labute approximate surface area is 171 Å². The number of aromatic nitrogens is 3. The SMILES string of the molecule is COc1ccc(-n2c(C)cc(C(=O)COC(=O)Cn3ccc(=O)[nH]c3=O)c2C)cc1. The Kier molecular flexibility index (Phi) is 6.01. The molecule has 2 aromatic heterocycles. The third kappa shape index (κ3) is 4.40. The van der Waals surface area contributed by atoms with Gasteiger partial charge in [0.25, 0.3) is 5.56 Å². The van der Waals surface area contributed by atoms with E-state index in [1.807, 2.05) is 47.7 Å². The highest BCUT2D eigenvalue weighted by Gasteiger charge is 2.18. The topological polar surface area (TPSA) is 112 Å². The van der Waals surface area contributed by atoms with Crippen LogP contribution in [0.5, 0.6) is 5.75 Å². The number of ketones is 1. The molecule has 0 aliphatic rings. The van der Waals surface area contributed by atoms with E-state index in [4.69, 9.17) is 9.47 Å². The van der Waals surface area contributed by atoms with Gasteiger partial charge in [-0.2, -0.15) is 0 Å². The Bertz CT molecular complexity index is 1200. The molecule has 0 atom stereocenters. The fraction of sp³-hybridized carbons (Fsp3) is 0.238. The number of nitrogens with one attached hydrogen (secondary N) is 1. The van der Waals surface area contributed by atoms with Gasteiger partial charge in [-0.25, -0.2) is 4.79 Å². The largest absolute Gasteiger partial charge is 0.497 e. The van der Waals surface area contributed by atoms with Gasteiger partial charge >= 0.3 is 11.7 Å². The van der Waals surface area contributed by atoms with Crippen LogP contribution < -0.4 is 16.0 Å². The molecule has 0 bridgehead atoms. The molecular formula is C21H21N3O6. The highest BCUT2D eigenvalue weighted by atomic mass is 16.5. The molecule has 30 heavy (non-hydrogen) atoms. The van der Waals surface area contributed by atoms with Crippen LogP contribution in [-0.2, 0) is 16.1 Å². The number of rotatable bonds is 7. The number of hydrogen-bond donors (Lipinski definition) is 1. The molecule has 3 rings (SSSR count). The van der Waals surface area contributed by atoms with Crippen LogP contribution in [0.25, 0.3) is 5.69 Å². The summed E-state index contributed by atoms with van der Waals surface area (Å²) in [6, 6.07) is 10.3. The summed E-state index contributed by atoms with van der Waals surface area (Å²) in [4.78, 5) is 49.3. The van der Waals surface area contributed by atoms with Crippen LogP contribution >= 0.6 is 0 Å². The standard InChI is InChI=1S/C21H21N3O6/c1-13-10-17(14(2)24(13)15-4-6-16(29-3)7-5-15)18(25)12-30-20(27)11-23-9-8-19(26)22-21(23)28/h4-10H,11-12H2,1-3H3,(H,22,26,28). The summed E-state index contributed by atoms with van der Waals surface area (Å²) < 4.78 is 13.1. The first-order valence-electron chi connectivity index (χ1n) is 9.12. The smallest absolute Gasteiger partial charge is 0.328 e. The van der Waals surface area contributed by atoms with Crippen LogP contribution in [0.1, 0.15) is 21.7 Å². The van der Waals surface area contributed by atoms with Gasteiger partial charge in [-0.05, 0) is 44.2 Å². The van der Waals surface area contributed by atoms with E-state index in [1.165, 1.54) is 6.20 Å². The fourth-order valence-corrected chi connectivity index (χ4v) is 3.15. The minimum atomic E-state index is -0.763. The molecule has 0 spiro atoms. The second-order valence-corrected chi connectivity index (χ2v) is 6.64. The Morgan fingerprint density at radius 1 is 1.07 bits per heavy atom. The van der Waals surface area contributed by atoms with E-state index >= 15 is 0 Å². The van der Waals surface area contributed by atoms with Crippen molar-refractivity contribution in [1.82, 2.24) is 14.1 Å². The van der Waals surface area contributed by atoms with Crippen molar-refractivity contribution in [2.75, 3.05) is 13.7 Å². The highest BCUT2D eigenvalue weighted by molar-refractivity contribution is 5.99. The number of aromatic amines is 1. The summed E-state index contributed by atoms with van der Waals surface area (Å²) in [7, 11) is 1.59. The lowest BCUT2D eigenvalue weighted by Gasteiger charge is -2.11. The van der Waals surface area contributed by atoms with E-state index in [0.717, 1.165) is 33.5 Å². The zero-order valence-corrected chi connectivity index (χ0v) is 16.8. The van der Waals surface area contributed by atoms with Crippen molar-refractivity contribution < 1.29 is 19.1 Å². The van der Waals surface area contributed by atoms with Crippen LogP contribution in [-0.4, -0.2) is 39.6 Å². The molecule has 0 radical (unpaired) electrons. The van der Waals surface area contributed by atoms with Crippen LogP contribution in [0, 0.1) is 13.8 Å². The number of hydrogen-bond acceptors (Lipinski definition) is 6. The molecule has 0 aliphatic carbocycles. The van der Waals surface area contributed by atoms with E-state index in [9.17, 15) is 19.2 Å². The normalized spacial score (nSPS) is 10.6. The lowest BCUT2D eigenvalue weighted by Crippen LogP contribution is -2.31. The average molecular weight is 411 g/mol. The Hall–Kier alpha value is -3.88. The molecule has 0 saturated carbocycles. The second kappa shape index (κ2) is 8.64. The predicted octanol–water partition coefficient (Wildman–Crippen LogP) is 1.38. The molecule has 0 aliphatic heterocycles. The summed E-state index contributed by atoms with van der Waals surface area (Å²) in [5, 5.41) is 0. The molecule has 0 amide bonds. The van der Waals surface area contributed by atoms with Crippen molar-refractivity contribution in [2.45, 2.75) is 20.4 Å². The lowest BCUT2D eigenvalue weighted by molar-refractivity contribution is -0.143. The molecular weight excluding hydrogens is 390 g/mol. The summed E-state index contributed by atoms with van der Waals surface area (Å²) in [5.41, 5.74) is 1.60. The van der Waals surface area contributed by atoms with Crippen molar-refractivity contribution in [1.29, 1.82) is 0 Å². The minimum Gasteiger partial charge on any atom is -0.497 e. The molecule has 156 valence electrons. The number of H-pyrrole nitrogens is 1. The van der Waals surface area contributed by atoms with Crippen LogP contribution in [0.3, 0.4) is 0 Å². The maximum Gasteiger partial charge on any atom is 0.328 e. The van der Waals surface area contributed by atoms with Crippen molar-refractivity contribution >= 4 is 11.8 Å². The Balaban J connectivity index is 1.70. The Morgan fingerprint density at radius 3 is 2.40 bits per heavy atom.